The molecule has 258 valence electrons. The molecule has 0 bridgehead atoms. The maximum absolute atomic E-state index is 13.1. The average Bonchev–Trinajstić information content (AvgIpc) is 3.41. The number of nitro benzene ring substituents is 1. The fourth-order valence-corrected chi connectivity index (χ4v) is 8.89. The van der Waals surface area contributed by atoms with Crippen LogP contribution in [-0.4, -0.2) is 36.8 Å². The van der Waals surface area contributed by atoms with E-state index < -0.39 is 10.7 Å². The zero-order valence-electron chi connectivity index (χ0n) is 29.4. The van der Waals surface area contributed by atoms with Crippen LogP contribution in [0.25, 0.3) is 6.08 Å². The van der Waals surface area contributed by atoms with Gasteiger partial charge in [0.25, 0.3) is 5.69 Å². The number of carbonyl (C=O) groups excluding carboxylic acids is 1. The van der Waals surface area contributed by atoms with Gasteiger partial charge >= 0.3 is 0 Å². The smallest absolute Gasteiger partial charge is 0.269 e. The van der Waals surface area contributed by atoms with Crippen molar-refractivity contribution in [2.75, 3.05) is 20.3 Å². The molecular weight excluding hydrogens is 626 g/mol. The zero-order valence-corrected chi connectivity index (χ0v) is 29.4. The number of nitrogens with zero attached hydrogens (tertiary/aromatic N) is 1. The molecule has 0 aromatic heterocycles. The molecule has 0 unspecified atom stereocenters. The summed E-state index contributed by atoms with van der Waals surface area (Å²) in [5.74, 6) is 7.71. The van der Waals surface area contributed by atoms with E-state index in [0.717, 1.165) is 63.1 Å². The van der Waals surface area contributed by atoms with E-state index >= 15 is 0 Å². The van der Waals surface area contributed by atoms with E-state index in [4.69, 9.17) is 14.2 Å². The summed E-state index contributed by atoms with van der Waals surface area (Å²) in [5, 5.41) is 10.9. The quantitative estimate of drug-likeness (QED) is 0.0818. The number of methoxy groups -OCH3 is 1. The van der Waals surface area contributed by atoms with Crippen LogP contribution in [0.15, 0.2) is 84.5 Å². The van der Waals surface area contributed by atoms with Crippen LogP contribution in [0.4, 0.5) is 5.69 Å². The molecule has 3 fully saturated rings. The highest BCUT2D eigenvalue weighted by molar-refractivity contribution is 6.04. The number of fused-ring (bicyclic) bond motifs is 6. The molecule has 7 heteroatoms. The molecule has 2 saturated carbocycles. The first-order valence-corrected chi connectivity index (χ1v) is 17.7. The third kappa shape index (κ3) is 6.32. The van der Waals surface area contributed by atoms with Gasteiger partial charge in [0.2, 0.25) is 0 Å². The Balaban J connectivity index is 1.05. The Morgan fingerprint density at radius 2 is 1.64 bits per heavy atom. The lowest BCUT2D eigenvalue weighted by Gasteiger charge is -2.56. The van der Waals surface area contributed by atoms with Crippen molar-refractivity contribution in [2.24, 2.45) is 22.7 Å². The van der Waals surface area contributed by atoms with Crippen molar-refractivity contribution in [1.82, 2.24) is 0 Å². The third-order valence-corrected chi connectivity index (χ3v) is 11.6. The number of non-ortho nitro benzene ring substituents is 1. The van der Waals surface area contributed by atoms with Crippen LogP contribution in [0.1, 0.15) is 97.8 Å². The van der Waals surface area contributed by atoms with E-state index in [2.05, 4.69) is 56.9 Å². The van der Waals surface area contributed by atoms with Crippen molar-refractivity contribution in [3.8, 4) is 17.6 Å². The summed E-state index contributed by atoms with van der Waals surface area (Å²) in [5.41, 5.74) is 6.18. The topological polar surface area (TPSA) is 87.9 Å². The predicted molar refractivity (Wildman–Crippen MR) is 194 cm³/mol. The number of ketones is 1. The molecule has 1 aliphatic heterocycles. The minimum Gasteiger partial charge on any atom is -0.497 e. The molecule has 4 aliphatic rings. The molecule has 0 amide bonds. The SMILES string of the molecule is COc1ccc2c(c1)C=C(CC/C=C/C(=O)c1ccc(C#Cc3ccc([N+](=O)[O-])cc3)cc1)[C@@H]1[C@@H]2CC[C@@]2(C)[C@H]1CCC21OCC(C)(C)CO1. The fourth-order valence-electron chi connectivity index (χ4n) is 8.89. The van der Waals surface area contributed by atoms with E-state index in [-0.39, 0.29) is 22.3 Å². The Bertz CT molecular complexity index is 1900. The summed E-state index contributed by atoms with van der Waals surface area (Å²) in [6.07, 6.45) is 11.9. The zero-order chi connectivity index (χ0) is 35.1. The molecule has 1 spiro atoms. The van der Waals surface area contributed by atoms with Gasteiger partial charge in [-0.3, -0.25) is 14.9 Å². The highest BCUT2D eigenvalue weighted by Crippen LogP contribution is 2.67. The van der Waals surface area contributed by atoms with Gasteiger partial charge in [-0.1, -0.05) is 56.4 Å². The molecule has 3 aliphatic carbocycles. The highest BCUT2D eigenvalue weighted by Gasteiger charge is 2.65. The predicted octanol–water partition coefficient (Wildman–Crippen LogP) is 9.30. The normalized spacial score (nSPS) is 25.8. The van der Waals surface area contributed by atoms with Gasteiger partial charge in [0.05, 0.1) is 25.2 Å². The number of hydrogen-bond acceptors (Lipinski definition) is 6. The van der Waals surface area contributed by atoms with E-state index in [9.17, 15) is 14.9 Å². The van der Waals surface area contributed by atoms with E-state index in [1.165, 1.54) is 28.8 Å². The molecule has 3 aromatic carbocycles. The van der Waals surface area contributed by atoms with Crippen molar-refractivity contribution in [2.45, 2.75) is 71.0 Å². The Labute approximate surface area is 294 Å². The van der Waals surface area contributed by atoms with E-state index in [1.54, 1.807) is 37.5 Å². The Hall–Kier alpha value is -4.51. The molecule has 0 N–H and O–H groups in total. The first-order valence-electron chi connectivity index (χ1n) is 17.7. The maximum Gasteiger partial charge on any atom is 0.269 e. The number of nitro groups is 1. The first kappa shape index (κ1) is 34.0. The van der Waals surface area contributed by atoms with Crippen molar-refractivity contribution in [1.29, 1.82) is 0 Å². The number of ether oxygens (including phenoxy) is 3. The van der Waals surface area contributed by atoms with Gasteiger partial charge in [-0.15, -0.1) is 0 Å². The Morgan fingerprint density at radius 3 is 2.30 bits per heavy atom. The molecular formula is C43H45NO6. The lowest BCUT2D eigenvalue weighted by atomic mass is 9.54. The fraction of sp³-hybridized carbons (Fsp3) is 0.419. The van der Waals surface area contributed by atoms with Crippen molar-refractivity contribution in [3.05, 3.63) is 122 Å². The molecule has 0 radical (unpaired) electrons. The van der Waals surface area contributed by atoms with Gasteiger partial charge < -0.3 is 14.2 Å². The number of allylic oxidation sites excluding steroid dienone is 3. The van der Waals surface area contributed by atoms with Gasteiger partial charge in [-0.05, 0) is 116 Å². The van der Waals surface area contributed by atoms with E-state index in [1.807, 2.05) is 18.2 Å². The third-order valence-electron chi connectivity index (χ3n) is 11.6. The summed E-state index contributed by atoms with van der Waals surface area (Å²) in [7, 11) is 1.72. The molecule has 3 aromatic rings. The maximum atomic E-state index is 13.1. The molecule has 7 rings (SSSR count). The lowest BCUT2D eigenvalue weighted by molar-refractivity contribution is -0.384. The Morgan fingerprint density at radius 1 is 0.960 bits per heavy atom. The minimum atomic E-state index is -0.512. The highest BCUT2D eigenvalue weighted by atomic mass is 16.7. The molecule has 50 heavy (non-hydrogen) atoms. The molecule has 1 heterocycles. The average molecular weight is 672 g/mol. The van der Waals surface area contributed by atoms with Crippen LogP contribution in [0, 0.1) is 44.6 Å². The van der Waals surface area contributed by atoms with Gasteiger partial charge in [-0.25, -0.2) is 0 Å². The molecule has 4 atom stereocenters. The summed E-state index contributed by atoms with van der Waals surface area (Å²) in [6, 6.07) is 19.9. The summed E-state index contributed by atoms with van der Waals surface area (Å²) >= 11 is 0. The van der Waals surface area contributed by atoms with Crippen LogP contribution in [-0.2, 0) is 9.47 Å². The van der Waals surface area contributed by atoms with Crippen LogP contribution >= 0.6 is 0 Å². The summed E-state index contributed by atoms with van der Waals surface area (Å²) < 4.78 is 19.0. The van der Waals surface area contributed by atoms with Gasteiger partial charge in [0.1, 0.15) is 5.75 Å². The van der Waals surface area contributed by atoms with Crippen LogP contribution in [0.2, 0.25) is 0 Å². The summed E-state index contributed by atoms with van der Waals surface area (Å²) in [4.78, 5) is 23.6. The monoisotopic (exact) mass is 671 g/mol. The molecule has 1 saturated heterocycles. The standard InChI is InChI=1S/C43H45NO6/c1-41(2)27-49-43(50-28-41)24-22-38-40-32(25-33-26-35(48-4)19-20-36(33)37(40)21-23-42(38,43)3)7-5-6-8-39(45)31-15-11-29(12-16-31)9-10-30-13-17-34(18-14-30)44(46)47/h6,8,11-20,25-26,37-38,40H,5,7,21-24,27-28H2,1-4H3/b8-6+/t37-,38+,40-,42+/m1/s1. The van der Waals surface area contributed by atoms with Crippen LogP contribution < -0.4 is 4.74 Å². The van der Waals surface area contributed by atoms with Gasteiger partial charge in [0.15, 0.2) is 11.6 Å². The number of rotatable bonds is 7. The van der Waals surface area contributed by atoms with E-state index in [0.29, 0.717) is 28.9 Å². The van der Waals surface area contributed by atoms with Crippen molar-refractivity contribution in [3.63, 3.8) is 0 Å². The largest absolute Gasteiger partial charge is 0.497 e. The molecule has 7 nitrogen and oxygen atoms in total. The Kier molecular flexibility index (Phi) is 9.05. The van der Waals surface area contributed by atoms with Gasteiger partial charge in [0, 0.05) is 46.1 Å². The second kappa shape index (κ2) is 13.3. The van der Waals surface area contributed by atoms with Crippen LogP contribution in [0.3, 0.4) is 0 Å². The lowest BCUT2D eigenvalue weighted by Crippen LogP contribution is -2.58. The van der Waals surface area contributed by atoms with Crippen molar-refractivity contribution >= 4 is 17.5 Å². The number of benzene rings is 3. The second-order valence-corrected chi connectivity index (χ2v) is 15.4. The number of hydrogen-bond donors (Lipinski definition) is 0. The second-order valence-electron chi connectivity index (χ2n) is 15.4. The minimum absolute atomic E-state index is 0.0296. The first-order chi connectivity index (χ1) is 24.0. The van der Waals surface area contributed by atoms with Crippen molar-refractivity contribution < 1.29 is 23.9 Å². The number of carbonyl (C=O) groups is 1. The van der Waals surface area contributed by atoms with Crippen LogP contribution in [0.5, 0.6) is 5.75 Å². The van der Waals surface area contributed by atoms with Gasteiger partial charge in [-0.2, -0.15) is 0 Å². The summed E-state index contributed by atoms with van der Waals surface area (Å²) in [6.45, 7) is 8.31.